The molecule has 3 rings (SSSR count). The molecule has 0 bridgehead atoms. The van der Waals surface area contributed by atoms with E-state index < -0.39 is 4.92 Å². The normalized spacial score (nSPS) is 20.7. The van der Waals surface area contributed by atoms with Gasteiger partial charge in [0.15, 0.2) is 0 Å². The van der Waals surface area contributed by atoms with E-state index in [9.17, 15) is 10.1 Å². The summed E-state index contributed by atoms with van der Waals surface area (Å²) in [5, 5.41) is 19.0. The molecule has 0 saturated carbocycles. The summed E-state index contributed by atoms with van der Waals surface area (Å²) in [5.74, 6) is 0. The molecule has 7 nitrogen and oxygen atoms in total. The molecular formula is C15H17ClN4O3. The number of rotatable bonds is 4. The topological polar surface area (TPSA) is 82.2 Å². The van der Waals surface area contributed by atoms with E-state index in [1.165, 1.54) is 6.07 Å². The van der Waals surface area contributed by atoms with E-state index in [1.807, 2.05) is 14.0 Å². The molecule has 1 aromatic heterocycles. The Morgan fingerprint density at radius 1 is 1.52 bits per heavy atom. The first-order valence-electron chi connectivity index (χ1n) is 7.28. The second-order valence-electron chi connectivity index (χ2n) is 5.56. The summed E-state index contributed by atoms with van der Waals surface area (Å²) in [6, 6.07) is 4.56. The quantitative estimate of drug-likeness (QED) is 0.684. The van der Waals surface area contributed by atoms with Gasteiger partial charge < -0.3 is 10.1 Å². The molecule has 2 heterocycles. The third-order valence-corrected chi connectivity index (χ3v) is 4.40. The number of halogens is 1. The van der Waals surface area contributed by atoms with Crippen LogP contribution in [0.15, 0.2) is 24.4 Å². The summed E-state index contributed by atoms with van der Waals surface area (Å²) < 4.78 is 7.62. The van der Waals surface area contributed by atoms with Gasteiger partial charge in [-0.1, -0.05) is 11.6 Å². The summed E-state index contributed by atoms with van der Waals surface area (Å²) in [7, 11) is 1.88. The predicted molar refractivity (Wildman–Crippen MR) is 86.8 cm³/mol. The van der Waals surface area contributed by atoms with E-state index in [0.717, 1.165) is 17.7 Å². The fraction of sp³-hybridized carbons (Fsp3) is 0.400. The maximum Gasteiger partial charge on any atom is 0.293 e. The second kappa shape index (κ2) is 6.17. The number of nitro benzene ring substituents is 1. The van der Waals surface area contributed by atoms with Crippen molar-refractivity contribution in [1.82, 2.24) is 9.78 Å². The van der Waals surface area contributed by atoms with E-state index in [-0.39, 0.29) is 17.8 Å². The van der Waals surface area contributed by atoms with Crippen LogP contribution in [0, 0.1) is 17.0 Å². The van der Waals surface area contributed by atoms with Crippen LogP contribution in [0.2, 0.25) is 5.02 Å². The monoisotopic (exact) mass is 336 g/mol. The molecule has 1 saturated heterocycles. The molecule has 1 aliphatic heterocycles. The van der Waals surface area contributed by atoms with Crippen molar-refractivity contribution in [3.05, 3.63) is 50.8 Å². The van der Waals surface area contributed by atoms with Crippen molar-refractivity contribution in [2.24, 2.45) is 7.05 Å². The molecule has 0 radical (unpaired) electrons. The predicted octanol–water partition coefficient (Wildman–Crippen LogP) is 3.23. The number of aromatic nitrogens is 2. The lowest BCUT2D eigenvalue weighted by molar-refractivity contribution is -0.384. The van der Waals surface area contributed by atoms with Crippen LogP contribution in [-0.2, 0) is 11.8 Å². The number of ether oxygens (including phenoxy) is 1. The second-order valence-corrected chi connectivity index (χ2v) is 5.99. The smallest absolute Gasteiger partial charge is 0.293 e. The molecule has 1 N–H and O–H groups in total. The Morgan fingerprint density at radius 3 is 2.96 bits per heavy atom. The van der Waals surface area contributed by atoms with Crippen LogP contribution in [0.3, 0.4) is 0 Å². The number of nitrogens with one attached hydrogen (secondary N) is 1. The number of benzene rings is 1. The highest BCUT2D eigenvalue weighted by Crippen LogP contribution is 2.36. The Hall–Kier alpha value is -2.12. The number of nitro groups is 1. The Bertz CT molecular complexity index is 746. The van der Waals surface area contributed by atoms with Crippen molar-refractivity contribution in [1.29, 1.82) is 0 Å². The van der Waals surface area contributed by atoms with E-state index in [4.69, 9.17) is 16.3 Å². The standard InChI is InChI=1S/C15H17ClN4O3/c1-9-11(8-17-19(9)2)15-13(5-6-23-15)18-12-4-3-10(16)7-14(12)20(21)22/h3-4,7-8,13,15,18H,5-6H2,1-2H3/t13-,15+/m0/s1. The largest absolute Gasteiger partial charge is 0.374 e. The van der Waals surface area contributed by atoms with Gasteiger partial charge in [-0.15, -0.1) is 0 Å². The zero-order valence-corrected chi connectivity index (χ0v) is 13.6. The van der Waals surface area contributed by atoms with Crippen LogP contribution >= 0.6 is 11.6 Å². The Kier molecular flexibility index (Phi) is 4.23. The maximum absolute atomic E-state index is 11.2. The molecule has 0 amide bonds. The minimum atomic E-state index is -0.436. The van der Waals surface area contributed by atoms with Crippen LogP contribution in [0.5, 0.6) is 0 Å². The molecule has 8 heteroatoms. The van der Waals surface area contributed by atoms with Gasteiger partial charge in [0.25, 0.3) is 5.69 Å². The zero-order chi connectivity index (χ0) is 16.6. The highest BCUT2D eigenvalue weighted by molar-refractivity contribution is 6.30. The van der Waals surface area contributed by atoms with Crippen molar-refractivity contribution >= 4 is 23.0 Å². The third-order valence-electron chi connectivity index (χ3n) is 4.17. The van der Waals surface area contributed by atoms with Gasteiger partial charge in [-0.05, 0) is 25.5 Å². The fourth-order valence-electron chi connectivity index (χ4n) is 2.82. The Balaban J connectivity index is 1.88. The van der Waals surface area contributed by atoms with Crippen LogP contribution in [0.25, 0.3) is 0 Å². The summed E-state index contributed by atoms with van der Waals surface area (Å²) in [5.41, 5.74) is 2.43. The van der Waals surface area contributed by atoms with Gasteiger partial charge >= 0.3 is 0 Å². The summed E-state index contributed by atoms with van der Waals surface area (Å²) in [6.45, 7) is 2.57. The first-order chi connectivity index (χ1) is 11.0. The molecule has 1 aliphatic rings. The highest BCUT2D eigenvalue weighted by atomic mass is 35.5. The van der Waals surface area contributed by atoms with E-state index >= 15 is 0 Å². The molecule has 1 fully saturated rings. The molecule has 0 spiro atoms. The maximum atomic E-state index is 11.2. The van der Waals surface area contributed by atoms with Gasteiger partial charge in [0.1, 0.15) is 11.8 Å². The fourth-order valence-corrected chi connectivity index (χ4v) is 2.98. The van der Waals surface area contributed by atoms with Crippen LogP contribution in [0.1, 0.15) is 23.8 Å². The molecule has 23 heavy (non-hydrogen) atoms. The zero-order valence-electron chi connectivity index (χ0n) is 12.8. The molecule has 1 aromatic carbocycles. The van der Waals surface area contributed by atoms with Gasteiger partial charge in [-0.2, -0.15) is 5.10 Å². The van der Waals surface area contributed by atoms with E-state index in [2.05, 4.69) is 10.4 Å². The third kappa shape index (κ3) is 3.02. The SMILES string of the molecule is Cc1c([C@H]2OCC[C@@H]2Nc2ccc(Cl)cc2[N+](=O)[O-])cnn1C. The van der Waals surface area contributed by atoms with Crippen molar-refractivity contribution < 1.29 is 9.66 Å². The van der Waals surface area contributed by atoms with E-state index in [0.29, 0.717) is 17.3 Å². The highest BCUT2D eigenvalue weighted by Gasteiger charge is 2.33. The summed E-state index contributed by atoms with van der Waals surface area (Å²) in [6.07, 6.45) is 2.37. The minimum absolute atomic E-state index is 0.0361. The van der Waals surface area contributed by atoms with Crippen molar-refractivity contribution in [3.8, 4) is 0 Å². The number of nitrogens with zero attached hydrogens (tertiary/aromatic N) is 3. The first-order valence-corrected chi connectivity index (χ1v) is 7.65. The summed E-state index contributed by atoms with van der Waals surface area (Å²) in [4.78, 5) is 10.8. The number of hydrogen-bond acceptors (Lipinski definition) is 5. The van der Waals surface area contributed by atoms with Crippen LogP contribution in [-0.4, -0.2) is 27.4 Å². The van der Waals surface area contributed by atoms with Gasteiger partial charge in [-0.3, -0.25) is 14.8 Å². The lowest BCUT2D eigenvalue weighted by Gasteiger charge is -2.21. The van der Waals surface area contributed by atoms with Gasteiger partial charge in [0, 0.05) is 36.0 Å². The molecule has 2 aromatic rings. The Morgan fingerprint density at radius 2 is 2.30 bits per heavy atom. The van der Waals surface area contributed by atoms with Crippen LogP contribution in [0.4, 0.5) is 11.4 Å². The first kappa shape index (κ1) is 15.8. The molecular weight excluding hydrogens is 320 g/mol. The molecule has 0 aliphatic carbocycles. The molecule has 0 unspecified atom stereocenters. The average molecular weight is 337 g/mol. The number of hydrogen-bond donors (Lipinski definition) is 1. The van der Waals surface area contributed by atoms with Crippen LogP contribution < -0.4 is 5.32 Å². The minimum Gasteiger partial charge on any atom is -0.374 e. The lowest BCUT2D eigenvalue weighted by atomic mass is 10.0. The molecule has 122 valence electrons. The number of aryl methyl sites for hydroxylation is 1. The lowest BCUT2D eigenvalue weighted by Crippen LogP contribution is -2.24. The number of anilines is 1. The van der Waals surface area contributed by atoms with E-state index in [1.54, 1.807) is 23.0 Å². The van der Waals surface area contributed by atoms with Gasteiger partial charge in [0.05, 0.1) is 17.2 Å². The average Bonchev–Trinajstić information content (AvgIpc) is 3.08. The van der Waals surface area contributed by atoms with Crippen molar-refractivity contribution in [2.45, 2.75) is 25.5 Å². The van der Waals surface area contributed by atoms with Gasteiger partial charge in [-0.25, -0.2) is 0 Å². The molecule has 2 atom stereocenters. The van der Waals surface area contributed by atoms with Crippen molar-refractivity contribution in [3.63, 3.8) is 0 Å². The Labute approximate surface area is 138 Å². The summed E-state index contributed by atoms with van der Waals surface area (Å²) >= 11 is 5.86. The van der Waals surface area contributed by atoms with Crippen molar-refractivity contribution in [2.75, 3.05) is 11.9 Å². The van der Waals surface area contributed by atoms with Gasteiger partial charge in [0.2, 0.25) is 0 Å².